The average Bonchev–Trinajstić information content (AvgIpc) is 2.81. The normalized spacial score (nSPS) is 11.0. The molecule has 0 saturated carbocycles. The summed E-state index contributed by atoms with van der Waals surface area (Å²) < 4.78 is 37.1. The van der Waals surface area contributed by atoms with Gasteiger partial charge in [-0.3, -0.25) is 9.10 Å². The Kier molecular flexibility index (Phi) is 8.32. The van der Waals surface area contributed by atoms with E-state index in [9.17, 15) is 13.2 Å². The van der Waals surface area contributed by atoms with Crippen molar-refractivity contribution >= 4 is 21.6 Å². The van der Waals surface area contributed by atoms with Gasteiger partial charge >= 0.3 is 0 Å². The van der Waals surface area contributed by atoms with Crippen molar-refractivity contribution in [2.75, 3.05) is 30.3 Å². The number of hydrogen-bond donors (Lipinski definition) is 1. The van der Waals surface area contributed by atoms with Crippen molar-refractivity contribution in [2.24, 2.45) is 0 Å². The number of hydrogen-bond acceptors (Lipinski definition) is 5. The summed E-state index contributed by atoms with van der Waals surface area (Å²) in [7, 11) is -3.51. The number of anilines is 1. The topological polar surface area (TPSA) is 84.9 Å². The lowest BCUT2D eigenvalue weighted by Gasteiger charge is -2.23. The summed E-state index contributed by atoms with van der Waals surface area (Å²) in [5.41, 5.74) is 1.80. The first kappa shape index (κ1) is 24.1. The molecule has 0 bridgehead atoms. The Balaban J connectivity index is 1.58. The van der Waals surface area contributed by atoms with Crippen LogP contribution < -0.4 is 19.1 Å². The molecule has 8 heteroatoms. The summed E-state index contributed by atoms with van der Waals surface area (Å²) in [6, 6.07) is 23.2. The van der Waals surface area contributed by atoms with Crippen molar-refractivity contribution in [1.82, 2.24) is 5.32 Å². The summed E-state index contributed by atoms with van der Waals surface area (Å²) in [5, 5.41) is 2.81. The van der Waals surface area contributed by atoms with Gasteiger partial charge in [0.1, 0.15) is 18.1 Å². The van der Waals surface area contributed by atoms with Crippen LogP contribution in [-0.2, 0) is 16.6 Å². The molecule has 33 heavy (non-hydrogen) atoms. The molecule has 0 saturated heterocycles. The van der Waals surface area contributed by atoms with E-state index in [2.05, 4.69) is 5.32 Å². The lowest BCUT2D eigenvalue weighted by atomic mass is 10.1. The van der Waals surface area contributed by atoms with Crippen LogP contribution in [0, 0.1) is 0 Å². The molecule has 3 aromatic carbocycles. The highest BCUT2D eigenvalue weighted by Gasteiger charge is 2.18. The zero-order chi connectivity index (χ0) is 23.7. The van der Waals surface area contributed by atoms with Gasteiger partial charge in [-0.05, 0) is 61.0 Å². The molecule has 7 nitrogen and oxygen atoms in total. The molecule has 3 aromatic rings. The van der Waals surface area contributed by atoms with Gasteiger partial charge in [-0.2, -0.15) is 0 Å². The van der Waals surface area contributed by atoms with Crippen molar-refractivity contribution in [1.29, 1.82) is 0 Å². The summed E-state index contributed by atoms with van der Waals surface area (Å²) >= 11 is 0. The fraction of sp³-hybridized carbons (Fsp3) is 0.240. The van der Waals surface area contributed by atoms with Gasteiger partial charge in [0.15, 0.2) is 0 Å². The number of nitrogens with one attached hydrogen (secondary N) is 1. The molecule has 0 radical (unpaired) electrons. The highest BCUT2D eigenvalue weighted by atomic mass is 32.2. The number of amides is 1. The lowest BCUT2D eigenvalue weighted by molar-refractivity contribution is 0.0947. The largest absolute Gasteiger partial charge is 0.494 e. The first-order valence-corrected chi connectivity index (χ1v) is 12.5. The molecule has 0 atom stereocenters. The van der Waals surface area contributed by atoms with Crippen LogP contribution in [0.15, 0.2) is 78.9 Å². The maximum atomic E-state index is 12.4. The van der Waals surface area contributed by atoms with Gasteiger partial charge in [-0.15, -0.1) is 0 Å². The summed E-state index contributed by atoms with van der Waals surface area (Å²) in [6.45, 7) is 3.31. The molecule has 0 aliphatic heterocycles. The number of nitrogens with zero attached hydrogens (tertiary/aromatic N) is 1. The molecule has 1 amide bonds. The molecule has 0 unspecified atom stereocenters. The van der Waals surface area contributed by atoms with Gasteiger partial charge in [-0.25, -0.2) is 8.42 Å². The van der Waals surface area contributed by atoms with E-state index in [1.54, 1.807) is 48.5 Å². The molecule has 1 N–H and O–H groups in total. The molecule has 3 rings (SSSR count). The Morgan fingerprint density at radius 1 is 0.879 bits per heavy atom. The first-order valence-electron chi connectivity index (χ1n) is 10.6. The van der Waals surface area contributed by atoms with E-state index < -0.39 is 10.0 Å². The van der Waals surface area contributed by atoms with Gasteiger partial charge in [0.25, 0.3) is 5.91 Å². The summed E-state index contributed by atoms with van der Waals surface area (Å²) in [5.74, 6) is 1.21. The fourth-order valence-electron chi connectivity index (χ4n) is 3.15. The number of ether oxygens (including phenoxy) is 2. The van der Waals surface area contributed by atoms with Crippen LogP contribution in [0.3, 0.4) is 0 Å². The average molecular weight is 469 g/mol. The maximum Gasteiger partial charge on any atom is 0.251 e. The van der Waals surface area contributed by atoms with E-state index >= 15 is 0 Å². The van der Waals surface area contributed by atoms with Crippen LogP contribution >= 0.6 is 0 Å². The number of rotatable bonds is 11. The Hall–Kier alpha value is -3.52. The van der Waals surface area contributed by atoms with Crippen LogP contribution in [0.1, 0.15) is 22.8 Å². The minimum atomic E-state index is -3.51. The fourth-order valence-corrected chi connectivity index (χ4v) is 4.04. The maximum absolute atomic E-state index is 12.4. The number of para-hydroxylation sites is 1. The first-order chi connectivity index (χ1) is 15.9. The Morgan fingerprint density at radius 2 is 1.52 bits per heavy atom. The number of benzene rings is 3. The molecule has 0 spiro atoms. The van der Waals surface area contributed by atoms with E-state index in [4.69, 9.17) is 9.47 Å². The van der Waals surface area contributed by atoms with E-state index in [1.807, 2.05) is 37.3 Å². The van der Waals surface area contributed by atoms with Gasteiger partial charge in [0, 0.05) is 5.56 Å². The van der Waals surface area contributed by atoms with Gasteiger partial charge < -0.3 is 14.8 Å². The van der Waals surface area contributed by atoms with Crippen molar-refractivity contribution in [3.8, 4) is 11.5 Å². The van der Waals surface area contributed by atoms with Gasteiger partial charge in [-0.1, -0.05) is 30.3 Å². The minimum absolute atomic E-state index is 0.152. The molecule has 0 aromatic heterocycles. The molecule has 174 valence electrons. The van der Waals surface area contributed by atoms with E-state index in [0.29, 0.717) is 36.8 Å². The molecular formula is C25H28N2O5S. The third kappa shape index (κ3) is 7.25. The van der Waals surface area contributed by atoms with Crippen molar-refractivity contribution in [3.63, 3.8) is 0 Å². The molecule has 0 aliphatic rings. The Bertz CT molecular complexity index is 1130. The van der Waals surface area contributed by atoms with Crippen LogP contribution in [0.5, 0.6) is 11.5 Å². The van der Waals surface area contributed by atoms with Crippen molar-refractivity contribution in [3.05, 3.63) is 90.0 Å². The quantitative estimate of drug-likeness (QED) is 0.432. The molecular weight excluding hydrogens is 440 g/mol. The molecule has 0 fully saturated rings. The second kappa shape index (κ2) is 11.4. The predicted octanol–water partition coefficient (Wildman–Crippen LogP) is 3.86. The van der Waals surface area contributed by atoms with E-state index in [0.717, 1.165) is 11.3 Å². The number of carbonyl (C=O) groups is 1. The number of carbonyl (C=O) groups excluding carboxylic acids is 1. The highest BCUT2D eigenvalue weighted by molar-refractivity contribution is 7.92. The molecule has 0 heterocycles. The van der Waals surface area contributed by atoms with Crippen LogP contribution in [0.4, 0.5) is 5.69 Å². The Morgan fingerprint density at radius 3 is 2.12 bits per heavy atom. The monoisotopic (exact) mass is 468 g/mol. The second-order valence-corrected chi connectivity index (χ2v) is 9.22. The highest BCUT2D eigenvalue weighted by Crippen LogP contribution is 2.24. The van der Waals surface area contributed by atoms with Crippen LogP contribution in [0.2, 0.25) is 0 Å². The van der Waals surface area contributed by atoms with Gasteiger partial charge in [0.2, 0.25) is 10.0 Å². The van der Waals surface area contributed by atoms with Gasteiger partial charge in [0.05, 0.1) is 31.6 Å². The van der Waals surface area contributed by atoms with Crippen molar-refractivity contribution in [2.45, 2.75) is 13.5 Å². The van der Waals surface area contributed by atoms with E-state index in [1.165, 1.54) is 10.6 Å². The summed E-state index contributed by atoms with van der Waals surface area (Å²) in [4.78, 5) is 12.4. The third-order valence-electron chi connectivity index (χ3n) is 4.78. The zero-order valence-corrected chi connectivity index (χ0v) is 19.5. The van der Waals surface area contributed by atoms with Crippen LogP contribution in [0.25, 0.3) is 0 Å². The lowest BCUT2D eigenvalue weighted by Crippen LogP contribution is -2.29. The van der Waals surface area contributed by atoms with Crippen LogP contribution in [-0.4, -0.2) is 40.3 Å². The minimum Gasteiger partial charge on any atom is -0.494 e. The number of sulfonamides is 1. The third-order valence-corrected chi connectivity index (χ3v) is 5.92. The predicted molar refractivity (Wildman–Crippen MR) is 129 cm³/mol. The zero-order valence-electron chi connectivity index (χ0n) is 18.7. The second-order valence-electron chi connectivity index (χ2n) is 7.31. The molecule has 0 aliphatic carbocycles. The standard InChI is InChI=1S/C25H28N2O5S/c1-3-31-24-15-13-22(14-16-24)27(33(2,29)30)19-20-9-11-21(12-10-20)25(28)26-17-18-32-23-7-5-4-6-8-23/h4-16H,3,17-19H2,1-2H3,(H,26,28). The van der Waals surface area contributed by atoms with Crippen molar-refractivity contribution < 1.29 is 22.7 Å². The SMILES string of the molecule is CCOc1ccc(N(Cc2ccc(C(=O)NCCOc3ccccc3)cc2)S(C)(=O)=O)cc1. The summed E-state index contributed by atoms with van der Waals surface area (Å²) in [6.07, 6.45) is 1.17. The van der Waals surface area contributed by atoms with E-state index in [-0.39, 0.29) is 12.5 Å². The Labute approximate surface area is 195 Å². The smallest absolute Gasteiger partial charge is 0.251 e.